The maximum atomic E-state index is 13.0. The minimum Gasteiger partial charge on any atom is -0.355 e. The van der Waals surface area contributed by atoms with Gasteiger partial charge in [-0.3, -0.25) is 14.5 Å². The number of halogens is 1. The molecule has 1 aromatic rings. The van der Waals surface area contributed by atoms with Crippen molar-refractivity contribution < 1.29 is 22.4 Å². The number of carbonyl (C=O) groups excluding carboxylic acids is 2. The molecule has 0 aliphatic carbocycles. The zero-order valence-corrected chi connectivity index (χ0v) is 16.5. The average Bonchev–Trinajstić information content (AvgIpc) is 2.86. The standard InChI is InChI=1S/C18H26FN3O4S/c1-3-20-17(23)13-21-9-4-10-22(12-11-21)18(24)14(2)27(25,26)16-7-5-15(19)6-8-16/h5-8,14H,3-4,9-13H2,1-2H3,(H,20,23). The summed E-state index contributed by atoms with van der Waals surface area (Å²) in [5.41, 5.74) is 0. The van der Waals surface area contributed by atoms with Gasteiger partial charge in [0.15, 0.2) is 9.84 Å². The molecule has 1 N–H and O–H groups in total. The average molecular weight is 399 g/mol. The van der Waals surface area contributed by atoms with Crippen LogP contribution in [0.4, 0.5) is 4.39 Å². The number of likely N-dealkylation sites (N-methyl/N-ethyl adjacent to an activating group) is 1. The van der Waals surface area contributed by atoms with E-state index in [1.54, 1.807) is 0 Å². The molecule has 1 atom stereocenters. The van der Waals surface area contributed by atoms with Crippen molar-refractivity contribution in [1.29, 1.82) is 0 Å². The summed E-state index contributed by atoms with van der Waals surface area (Å²) in [5, 5.41) is 1.49. The molecule has 9 heteroatoms. The van der Waals surface area contributed by atoms with E-state index >= 15 is 0 Å². The number of benzene rings is 1. The van der Waals surface area contributed by atoms with Gasteiger partial charge in [0, 0.05) is 32.7 Å². The van der Waals surface area contributed by atoms with Crippen molar-refractivity contribution in [2.75, 3.05) is 39.3 Å². The third kappa shape index (κ3) is 5.49. The van der Waals surface area contributed by atoms with Crippen molar-refractivity contribution in [1.82, 2.24) is 15.1 Å². The number of sulfone groups is 1. The van der Waals surface area contributed by atoms with Crippen molar-refractivity contribution >= 4 is 21.7 Å². The second-order valence-corrected chi connectivity index (χ2v) is 8.82. The first kappa shape index (κ1) is 21.3. The monoisotopic (exact) mass is 399 g/mol. The predicted molar refractivity (Wildman–Crippen MR) is 99.4 cm³/mol. The van der Waals surface area contributed by atoms with E-state index < -0.39 is 26.8 Å². The van der Waals surface area contributed by atoms with E-state index in [2.05, 4.69) is 5.32 Å². The molecule has 1 aliphatic rings. The Morgan fingerprint density at radius 3 is 2.44 bits per heavy atom. The Hall–Kier alpha value is -2.00. The minimum atomic E-state index is -3.89. The van der Waals surface area contributed by atoms with Crippen LogP contribution in [0.3, 0.4) is 0 Å². The van der Waals surface area contributed by atoms with Crippen LogP contribution in [0.2, 0.25) is 0 Å². The highest BCUT2D eigenvalue weighted by atomic mass is 32.2. The van der Waals surface area contributed by atoms with Crippen molar-refractivity contribution in [3.8, 4) is 0 Å². The van der Waals surface area contributed by atoms with Crippen molar-refractivity contribution in [3.05, 3.63) is 30.1 Å². The molecule has 0 aromatic heterocycles. The van der Waals surface area contributed by atoms with Crippen molar-refractivity contribution in [2.24, 2.45) is 0 Å². The Kier molecular flexibility index (Phi) is 7.32. The van der Waals surface area contributed by atoms with Crippen LogP contribution < -0.4 is 5.32 Å². The fourth-order valence-electron chi connectivity index (χ4n) is 3.02. The Labute approximate surface area is 159 Å². The fraction of sp³-hybridized carbons (Fsp3) is 0.556. The van der Waals surface area contributed by atoms with Gasteiger partial charge in [-0.05, 0) is 44.5 Å². The summed E-state index contributed by atoms with van der Waals surface area (Å²) in [4.78, 5) is 27.9. The topological polar surface area (TPSA) is 86.8 Å². The summed E-state index contributed by atoms with van der Waals surface area (Å²) >= 11 is 0. The van der Waals surface area contributed by atoms with Gasteiger partial charge in [-0.15, -0.1) is 0 Å². The van der Waals surface area contributed by atoms with Crippen LogP contribution in [0.5, 0.6) is 0 Å². The summed E-state index contributed by atoms with van der Waals surface area (Å²) in [6.45, 7) is 6.01. The molecule has 0 radical (unpaired) electrons. The van der Waals surface area contributed by atoms with Gasteiger partial charge in [-0.2, -0.15) is 0 Å². The summed E-state index contributed by atoms with van der Waals surface area (Å²) in [6, 6.07) is 4.47. The number of hydrogen-bond donors (Lipinski definition) is 1. The maximum Gasteiger partial charge on any atom is 0.241 e. The molecule has 1 aromatic carbocycles. The summed E-state index contributed by atoms with van der Waals surface area (Å²) in [6.07, 6.45) is 0.661. The van der Waals surface area contributed by atoms with Crippen molar-refractivity contribution in [2.45, 2.75) is 30.4 Å². The quantitative estimate of drug-likeness (QED) is 0.710. The van der Waals surface area contributed by atoms with Crippen LogP contribution >= 0.6 is 0 Å². The summed E-state index contributed by atoms with van der Waals surface area (Å²) in [5.74, 6) is -1.07. The number of rotatable bonds is 6. The van der Waals surface area contributed by atoms with Gasteiger partial charge in [-0.1, -0.05) is 0 Å². The van der Waals surface area contributed by atoms with Crippen LogP contribution in [0, 0.1) is 5.82 Å². The van der Waals surface area contributed by atoms with Crippen LogP contribution in [0.15, 0.2) is 29.2 Å². The van der Waals surface area contributed by atoms with Gasteiger partial charge in [0.2, 0.25) is 11.8 Å². The SMILES string of the molecule is CCNC(=O)CN1CCCN(C(=O)C(C)S(=O)(=O)c2ccc(F)cc2)CC1. The molecule has 1 fully saturated rings. The van der Waals surface area contributed by atoms with Gasteiger partial charge in [-0.25, -0.2) is 12.8 Å². The third-order valence-corrected chi connectivity index (χ3v) is 6.66. The zero-order valence-electron chi connectivity index (χ0n) is 15.7. The third-order valence-electron chi connectivity index (χ3n) is 4.60. The molecule has 150 valence electrons. The first-order chi connectivity index (χ1) is 12.8. The van der Waals surface area contributed by atoms with E-state index in [0.29, 0.717) is 39.1 Å². The number of amides is 2. The van der Waals surface area contributed by atoms with E-state index in [1.807, 2.05) is 11.8 Å². The highest BCUT2D eigenvalue weighted by Crippen LogP contribution is 2.19. The maximum absolute atomic E-state index is 13.0. The Balaban J connectivity index is 2.02. The molecule has 7 nitrogen and oxygen atoms in total. The molecule has 27 heavy (non-hydrogen) atoms. The highest BCUT2D eigenvalue weighted by molar-refractivity contribution is 7.92. The van der Waals surface area contributed by atoms with Gasteiger partial charge in [0.1, 0.15) is 11.1 Å². The van der Waals surface area contributed by atoms with Crippen LogP contribution in [0.1, 0.15) is 20.3 Å². The lowest BCUT2D eigenvalue weighted by atomic mass is 10.3. The largest absolute Gasteiger partial charge is 0.355 e. The number of nitrogens with one attached hydrogen (secondary N) is 1. The second-order valence-electron chi connectivity index (χ2n) is 6.55. The summed E-state index contributed by atoms with van der Waals surface area (Å²) in [7, 11) is -3.89. The van der Waals surface area contributed by atoms with E-state index in [9.17, 15) is 22.4 Å². The van der Waals surface area contributed by atoms with E-state index in [1.165, 1.54) is 24.0 Å². The fourth-order valence-corrected chi connectivity index (χ4v) is 4.36. The molecule has 0 bridgehead atoms. The number of carbonyl (C=O) groups is 2. The Morgan fingerprint density at radius 2 is 1.81 bits per heavy atom. The van der Waals surface area contributed by atoms with Gasteiger partial charge in [0.25, 0.3) is 0 Å². The summed E-state index contributed by atoms with van der Waals surface area (Å²) < 4.78 is 38.4. The lowest BCUT2D eigenvalue weighted by Gasteiger charge is -2.24. The van der Waals surface area contributed by atoms with E-state index in [-0.39, 0.29) is 17.3 Å². The molecule has 2 amide bonds. The molecule has 0 saturated carbocycles. The zero-order chi connectivity index (χ0) is 20.0. The number of hydrogen-bond acceptors (Lipinski definition) is 5. The lowest BCUT2D eigenvalue weighted by molar-refractivity contribution is -0.130. The lowest BCUT2D eigenvalue weighted by Crippen LogP contribution is -2.44. The predicted octanol–water partition coefficient (Wildman–Crippen LogP) is 0.658. The smallest absolute Gasteiger partial charge is 0.241 e. The Bertz CT molecular complexity index is 767. The normalized spacial score (nSPS) is 17.2. The van der Waals surface area contributed by atoms with Gasteiger partial charge in [0.05, 0.1) is 11.4 Å². The van der Waals surface area contributed by atoms with E-state index in [0.717, 1.165) is 12.1 Å². The van der Waals surface area contributed by atoms with Crippen LogP contribution in [0.25, 0.3) is 0 Å². The molecule has 0 spiro atoms. The first-order valence-corrected chi connectivity index (χ1v) is 10.6. The molecule has 1 heterocycles. The highest BCUT2D eigenvalue weighted by Gasteiger charge is 2.33. The number of nitrogens with zero attached hydrogens (tertiary/aromatic N) is 2. The molecular formula is C18H26FN3O4S. The van der Waals surface area contributed by atoms with Gasteiger partial charge < -0.3 is 10.2 Å². The molecule has 2 rings (SSSR count). The first-order valence-electron chi connectivity index (χ1n) is 9.03. The van der Waals surface area contributed by atoms with Crippen molar-refractivity contribution in [3.63, 3.8) is 0 Å². The minimum absolute atomic E-state index is 0.0652. The van der Waals surface area contributed by atoms with E-state index in [4.69, 9.17) is 0 Å². The van der Waals surface area contributed by atoms with Gasteiger partial charge >= 0.3 is 0 Å². The second kappa shape index (κ2) is 9.27. The molecule has 1 aliphatic heterocycles. The molecule has 1 unspecified atom stereocenters. The molecular weight excluding hydrogens is 373 g/mol. The molecule has 1 saturated heterocycles. The van der Waals surface area contributed by atoms with Crippen LogP contribution in [-0.4, -0.2) is 74.6 Å². The Morgan fingerprint density at radius 1 is 1.15 bits per heavy atom. The van der Waals surface area contributed by atoms with Crippen LogP contribution in [-0.2, 0) is 19.4 Å².